The zero-order valence-electron chi connectivity index (χ0n) is 13.7. The predicted molar refractivity (Wildman–Crippen MR) is 92.1 cm³/mol. The SMILES string of the molecule is CCCN(C)Cc1cc(C(=O)OCCOC(C)=O)cc(Br)c1N. The zero-order valence-corrected chi connectivity index (χ0v) is 15.3. The number of carbonyl (C=O) groups excluding carboxylic acids is 2. The smallest absolute Gasteiger partial charge is 0.338 e. The van der Waals surface area contributed by atoms with Crippen LogP contribution in [0.1, 0.15) is 36.2 Å². The van der Waals surface area contributed by atoms with E-state index >= 15 is 0 Å². The highest BCUT2D eigenvalue weighted by Crippen LogP contribution is 2.27. The van der Waals surface area contributed by atoms with Crippen LogP contribution in [-0.4, -0.2) is 43.6 Å². The van der Waals surface area contributed by atoms with Crippen molar-refractivity contribution in [2.45, 2.75) is 26.8 Å². The molecule has 0 saturated carbocycles. The van der Waals surface area contributed by atoms with Crippen LogP contribution >= 0.6 is 15.9 Å². The largest absolute Gasteiger partial charge is 0.462 e. The van der Waals surface area contributed by atoms with Crippen molar-refractivity contribution in [2.24, 2.45) is 0 Å². The number of ether oxygens (including phenoxy) is 2. The van der Waals surface area contributed by atoms with E-state index in [4.69, 9.17) is 15.2 Å². The highest BCUT2D eigenvalue weighted by atomic mass is 79.9. The molecule has 0 atom stereocenters. The number of esters is 2. The minimum absolute atomic E-state index is 0.0193. The third kappa shape index (κ3) is 6.58. The summed E-state index contributed by atoms with van der Waals surface area (Å²) in [5.41, 5.74) is 7.96. The Morgan fingerprint density at radius 2 is 1.91 bits per heavy atom. The van der Waals surface area contributed by atoms with Gasteiger partial charge in [0.2, 0.25) is 0 Å². The Kier molecular flexibility index (Phi) is 8.05. The summed E-state index contributed by atoms with van der Waals surface area (Å²) in [6.07, 6.45) is 1.04. The number of benzene rings is 1. The molecule has 0 heterocycles. The van der Waals surface area contributed by atoms with E-state index in [0.717, 1.165) is 18.5 Å². The maximum absolute atomic E-state index is 12.1. The number of nitrogens with zero attached hydrogens (tertiary/aromatic N) is 1. The molecule has 0 aromatic heterocycles. The van der Waals surface area contributed by atoms with Gasteiger partial charge in [0, 0.05) is 17.9 Å². The summed E-state index contributed by atoms with van der Waals surface area (Å²) in [5.74, 6) is -0.880. The molecule has 128 valence electrons. The first-order valence-corrected chi connectivity index (χ1v) is 8.21. The van der Waals surface area contributed by atoms with E-state index in [1.807, 2.05) is 7.05 Å². The average Bonchev–Trinajstić information content (AvgIpc) is 2.47. The summed E-state index contributed by atoms with van der Waals surface area (Å²) >= 11 is 3.37. The van der Waals surface area contributed by atoms with Crippen molar-refractivity contribution in [3.8, 4) is 0 Å². The van der Waals surface area contributed by atoms with Gasteiger partial charge in [-0.2, -0.15) is 0 Å². The van der Waals surface area contributed by atoms with Crippen molar-refractivity contribution in [1.29, 1.82) is 0 Å². The van der Waals surface area contributed by atoms with Gasteiger partial charge < -0.3 is 20.1 Å². The number of halogens is 1. The zero-order chi connectivity index (χ0) is 17.4. The summed E-state index contributed by atoms with van der Waals surface area (Å²) in [4.78, 5) is 24.9. The lowest BCUT2D eigenvalue weighted by molar-refractivity contribution is -0.142. The average molecular weight is 387 g/mol. The fraction of sp³-hybridized carbons (Fsp3) is 0.500. The molecule has 2 N–H and O–H groups in total. The molecule has 0 bridgehead atoms. The van der Waals surface area contributed by atoms with Gasteiger partial charge in [0.05, 0.1) is 11.3 Å². The molecule has 0 radical (unpaired) electrons. The number of rotatable bonds is 8. The lowest BCUT2D eigenvalue weighted by Gasteiger charge is -2.18. The molecule has 7 heteroatoms. The van der Waals surface area contributed by atoms with E-state index in [1.165, 1.54) is 6.92 Å². The molecule has 0 amide bonds. The number of anilines is 1. The predicted octanol–water partition coefficient (Wildman–Crippen LogP) is 2.59. The highest BCUT2D eigenvalue weighted by Gasteiger charge is 2.14. The van der Waals surface area contributed by atoms with Crippen LogP contribution in [0.2, 0.25) is 0 Å². The Balaban J connectivity index is 2.76. The number of nitrogens with two attached hydrogens (primary N) is 1. The molecule has 6 nitrogen and oxygen atoms in total. The second-order valence-electron chi connectivity index (χ2n) is 5.24. The van der Waals surface area contributed by atoms with E-state index in [-0.39, 0.29) is 13.2 Å². The fourth-order valence-electron chi connectivity index (χ4n) is 2.08. The Morgan fingerprint density at radius 3 is 2.52 bits per heavy atom. The normalized spacial score (nSPS) is 10.7. The van der Waals surface area contributed by atoms with Crippen molar-refractivity contribution in [1.82, 2.24) is 4.90 Å². The first kappa shape index (κ1) is 19.4. The summed E-state index contributed by atoms with van der Waals surface area (Å²) in [6.45, 7) is 5.06. The quantitative estimate of drug-likeness (QED) is 0.420. The standard InChI is InChI=1S/C16H23BrN2O4/c1-4-5-19(3)10-13-8-12(9-14(17)15(13)18)16(21)23-7-6-22-11(2)20/h8-9H,4-7,10,18H2,1-3H3. The van der Waals surface area contributed by atoms with Crippen LogP contribution in [0.25, 0.3) is 0 Å². The molecule has 0 fully saturated rings. The monoisotopic (exact) mass is 386 g/mol. The molecule has 1 rings (SSSR count). The summed E-state index contributed by atoms with van der Waals surface area (Å²) in [6, 6.07) is 3.37. The fourth-order valence-corrected chi connectivity index (χ4v) is 2.58. The second kappa shape index (κ2) is 9.52. The van der Waals surface area contributed by atoms with E-state index in [2.05, 4.69) is 27.8 Å². The first-order chi connectivity index (χ1) is 10.8. The van der Waals surface area contributed by atoms with Crippen LogP contribution < -0.4 is 5.73 Å². The lowest BCUT2D eigenvalue weighted by Crippen LogP contribution is -2.20. The van der Waals surface area contributed by atoms with Crippen LogP contribution in [0.3, 0.4) is 0 Å². The highest BCUT2D eigenvalue weighted by molar-refractivity contribution is 9.10. The molecule has 1 aromatic rings. The summed E-state index contributed by atoms with van der Waals surface area (Å²) in [5, 5.41) is 0. The van der Waals surface area contributed by atoms with E-state index in [1.54, 1.807) is 12.1 Å². The van der Waals surface area contributed by atoms with Crippen molar-refractivity contribution < 1.29 is 19.1 Å². The van der Waals surface area contributed by atoms with Gasteiger partial charge in [-0.15, -0.1) is 0 Å². The second-order valence-corrected chi connectivity index (χ2v) is 6.10. The summed E-state index contributed by atoms with van der Waals surface area (Å²) in [7, 11) is 2.00. The van der Waals surface area contributed by atoms with Gasteiger partial charge in [0.25, 0.3) is 0 Å². The Bertz CT molecular complexity index is 563. The first-order valence-electron chi connectivity index (χ1n) is 7.42. The molecule has 0 aliphatic rings. The van der Waals surface area contributed by atoms with Gasteiger partial charge in [-0.05, 0) is 53.6 Å². The third-order valence-electron chi connectivity index (χ3n) is 3.12. The number of carbonyl (C=O) groups is 2. The molecule has 0 aliphatic carbocycles. The van der Waals surface area contributed by atoms with Gasteiger partial charge in [0.1, 0.15) is 13.2 Å². The van der Waals surface area contributed by atoms with Crippen LogP contribution in [0.15, 0.2) is 16.6 Å². The molecule has 0 aliphatic heterocycles. The van der Waals surface area contributed by atoms with E-state index in [0.29, 0.717) is 22.3 Å². The van der Waals surface area contributed by atoms with Gasteiger partial charge in [-0.1, -0.05) is 6.92 Å². The van der Waals surface area contributed by atoms with Crippen LogP contribution in [-0.2, 0) is 20.8 Å². The van der Waals surface area contributed by atoms with Crippen molar-refractivity contribution in [2.75, 3.05) is 32.5 Å². The lowest BCUT2D eigenvalue weighted by atomic mass is 10.1. The Hall–Kier alpha value is -1.60. The Labute approximate surface area is 145 Å². The van der Waals surface area contributed by atoms with Crippen LogP contribution in [0, 0.1) is 0 Å². The van der Waals surface area contributed by atoms with Gasteiger partial charge in [-0.3, -0.25) is 4.79 Å². The maximum Gasteiger partial charge on any atom is 0.338 e. The molecule has 0 spiro atoms. The minimum atomic E-state index is -0.475. The van der Waals surface area contributed by atoms with Gasteiger partial charge in [-0.25, -0.2) is 4.79 Å². The van der Waals surface area contributed by atoms with Crippen molar-refractivity contribution in [3.63, 3.8) is 0 Å². The molecule has 0 unspecified atom stereocenters. The topological polar surface area (TPSA) is 81.9 Å². The molecular formula is C16H23BrN2O4. The van der Waals surface area contributed by atoms with Gasteiger partial charge in [0.15, 0.2) is 0 Å². The maximum atomic E-state index is 12.1. The molecular weight excluding hydrogens is 364 g/mol. The molecule has 23 heavy (non-hydrogen) atoms. The van der Waals surface area contributed by atoms with Crippen LogP contribution in [0.4, 0.5) is 5.69 Å². The van der Waals surface area contributed by atoms with Crippen LogP contribution in [0.5, 0.6) is 0 Å². The van der Waals surface area contributed by atoms with Crippen molar-refractivity contribution in [3.05, 3.63) is 27.7 Å². The molecule has 0 saturated heterocycles. The van der Waals surface area contributed by atoms with Gasteiger partial charge >= 0.3 is 11.9 Å². The number of hydrogen-bond acceptors (Lipinski definition) is 6. The summed E-state index contributed by atoms with van der Waals surface area (Å²) < 4.78 is 10.5. The molecule has 1 aromatic carbocycles. The van der Waals surface area contributed by atoms with Crippen molar-refractivity contribution >= 4 is 33.6 Å². The Morgan fingerprint density at radius 1 is 1.26 bits per heavy atom. The van der Waals surface area contributed by atoms with E-state index < -0.39 is 11.9 Å². The number of hydrogen-bond donors (Lipinski definition) is 1. The number of nitrogen functional groups attached to an aromatic ring is 1. The third-order valence-corrected chi connectivity index (χ3v) is 3.77. The minimum Gasteiger partial charge on any atom is -0.462 e. The van der Waals surface area contributed by atoms with E-state index in [9.17, 15) is 9.59 Å².